The van der Waals surface area contributed by atoms with Gasteiger partial charge in [-0.1, -0.05) is 18.7 Å². The summed E-state index contributed by atoms with van der Waals surface area (Å²) in [5.74, 6) is -1.76. The molecule has 0 spiro atoms. The number of anilines is 1. The van der Waals surface area contributed by atoms with Crippen molar-refractivity contribution in [3.8, 4) is 6.07 Å². The van der Waals surface area contributed by atoms with Gasteiger partial charge in [-0.15, -0.1) is 0 Å². The maximum Gasteiger partial charge on any atom is 0.234 e. The maximum atomic E-state index is 13.2. The monoisotopic (exact) mass is 373 g/mol. The van der Waals surface area contributed by atoms with Crippen LogP contribution in [-0.2, 0) is 17.6 Å². The Hall–Kier alpha value is -2.46. The smallest absolute Gasteiger partial charge is 0.234 e. The quantitative estimate of drug-likeness (QED) is 0.820. The number of thioether (sulfide) groups is 1. The molecule has 3 rings (SSSR count). The summed E-state index contributed by atoms with van der Waals surface area (Å²) in [6, 6.07) is 7.19. The summed E-state index contributed by atoms with van der Waals surface area (Å²) in [4.78, 5) is 16.6. The molecule has 1 aliphatic rings. The fourth-order valence-electron chi connectivity index (χ4n) is 2.92. The number of rotatable bonds is 4. The van der Waals surface area contributed by atoms with Crippen molar-refractivity contribution in [3.05, 3.63) is 52.7 Å². The van der Waals surface area contributed by atoms with Crippen molar-refractivity contribution in [3.63, 3.8) is 0 Å². The predicted octanol–water partition coefficient (Wildman–Crippen LogP) is 4.09. The van der Waals surface area contributed by atoms with E-state index in [1.807, 2.05) is 6.07 Å². The molecule has 0 saturated heterocycles. The van der Waals surface area contributed by atoms with Crippen molar-refractivity contribution in [2.75, 3.05) is 11.1 Å². The van der Waals surface area contributed by atoms with Crippen LogP contribution in [0, 0.1) is 28.9 Å². The molecule has 0 aliphatic heterocycles. The first kappa shape index (κ1) is 18.3. The molecular weight excluding hydrogens is 356 g/mol. The number of pyridine rings is 1. The summed E-state index contributed by atoms with van der Waals surface area (Å²) < 4.78 is 26.1. The first-order valence-electron chi connectivity index (χ1n) is 8.27. The Morgan fingerprint density at radius 3 is 2.92 bits per heavy atom. The number of nitrogens with one attached hydrogen (secondary N) is 1. The standard InChI is InChI=1S/C19H17F2N3OS/c1-11-2-5-17-12(6-11)7-13(9-22)19(24-17)26-10-18(25)23-14-3-4-15(20)16(21)8-14/h3-4,7-8,11H,2,5-6,10H2,1H3,(H,23,25). The lowest BCUT2D eigenvalue weighted by molar-refractivity contribution is -0.113. The van der Waals surface area contributed by atoms with Gasteiger partial charge < -0.3 is 5.32 Å². The minimum Gasteiger partial charge on any atom is -0.325 e. The van der Waals surface area contributed by atoms with E-state index in [1.54, 1.807) is 0 Å². The van der Waals surface area contributed by atoms with Crippen molar-refractivity contribution < 1.29 is 13.6 Å². The van der Waals surface area contributed by atoms with Crippen LogP contribution in [0.4, 0.5) is 14.5 Å². The highest BCUT2D eigenvalue weighted by atomic mass is 32.2. The number of halogens is 2. The predicted molar refractivity (Wildman–Crippen MR) is 95.9 cm³/mol. The van der Waals surface area contributed by atoms with E-state index in [0.717, 1.165) is 42.7 Å². The lowest BCUT2D eigenvalue weighted by atomic mass is 9.87. The molecule has 1 atom stereocenters. The van der Waals surface area contributed by atoms with Crippen LogP contribution in [0.15, 0.2) is 29.3 Å². The second-order valence-electron chi connectivity index (χ2n) is 6.37. The van der Waals surface area contributed by atoms with Gasteiger partial charge in [0.2, 0.25) is 5.91 Å². The Morgan fingerprint density at radius 2 is 2.19 bits per heavy atom. The Kier molecular flexibility index (Phi) is 5.52. The van der Waals surface area contributed by atoms with Gasteiger partial charge in [0.25, 0.3) is 0 Å². The molecular formula is C19H17F2N3OS. The summed E-state index contributed by atoms with van der Waals surface area (Å²) in [5.41, 5.74) is 2.74. The highest BCUT2D eigenvalue weighted by Gasteiger charge is 2.20. The third kappa shape index (κ3) is 4.20. The topological polar surface area (TPSA) is 65.8 Å². The fraction of sp³-hybridized carbons (Fsp3) is 0.316. The number of carbonyl (C=O) groups excluding carboxylic acids is 1. The average Bonchev–Trinajstić information content (AvgIpc) is 2.62. The van der Waals surface area contributed by atoms with E-state index in [4.69, 9.17) is 0 Å². The van der Waals surface area contributed by atoms with Gasteiger partial charge in [0, 0.05) is 17.4 Å². The molecule has 0 saturated carbocycles. The molecule has 1 unspecified atom stereocenters. The number of benzene rings is 1. The van der Waals surface area contributed by atoms with Crippen LogP contribution >= 0.6 is 11.8 Å². The number of hydrogen-bond acceptors (Lipinski definition) is 4. The van der Waals surface area contributed by atoms with Crippen LogP contribution < -0.4 is 5.32 Å². The highest BCUT2D eigenvalue weighted by molar-refractivity contribution is 8.00. The van der Waals surface area contributed by atoms with Gasteiger partial charge in [0.15, 0.2) is 11.6 Å². The summed E-state index contributed by atoms with van der Waals surface area (Å²) in [6.07, 6.45) is 2.85. The minimum atomic E-state index is -1.02. The first-order chi connectivity index (χ1) is 12.5. The molecule has 4 nitrogen and oxygen atoms in total. The second kappa shape index (κ2) is 7.83. The van der Waals surface area contributed by atoms with Gasteiger partial charge in [-0.25, -0.2) is 13.8 Å². The Bertz CT molecular complexity index is 895. The van der Waals surface area contributed by atoms with Gasteiger partial charge in [-0.3, -0.25) is 4.79 Å². The molecule has 134 valence electrons. The second-order valence-corrected chi connectivity index (χ2v) is 7.34. The van der Waals surface area contributed by atoms with Gasteiger partial charge in [-0.2, -0.15) is 5.26 Å². The Labute approximate surface area is 154 Å². The van der Waals surface area contributed by atoms with E-state index in [-0.39, 0.29) is 17.3 Å². The number of fused-ring (bicyclic) bond motifs is 1. The summed E-state index contributed by atoms with van der Waals surface area (Å²) >= 11 is 1.17. The van der Waals surface area contributed by atoms with Crippen LogP contribution in [0.25, 0.3) is 0 Å². The lowest BCUT2D eigenvalue weighted by Gasteiger charge is -2.21. The number of carbonyl (C=O) groups is 1. The molecule has 1 N–H and O–H groups in total. The van der Waals surface area contributed by atoms with Crippen molar-refractivity contribution >= 4 is 23.4 Å². The zero-order chi connectivity index (χ0) is 18.7. The number of hydrogen-bond donors (Lipinski definition) is 1. The SMILES string of the molecule is CC1CCc2nc(SCC(=O)Nc3ccc(F)c(F)c3)c(C#N)cc2C1. The van der Waals surface area contributed by atoms with Crippen molar-refractivity contribution in [2.45, 2.75) is 31.2 Å². The van der Waals surface area contributed by atoms with Crippen LogP contribution in [0.1, 0.15) is 30.2 Å². The van der Waals surface area contributed by atoms with E-state index in [0.29, 0.717) is 16.5 Å². The molecule has 26 heavy (non-hydrogen) atoms. The Morgan fingerprint density at radius 1 is 1.38 bits per heavy atom. The van der Waals surface area contributed by atoms with Crippen LogP contribution in [-0.4, -0.2) is 16.6 Å². The highest BCUT2D eigenvalue weighted by Crippen LogP contribution is 2.29. The van der Waals surface area contributed by atoms with Crippen LogP contribution in [0.3, 0.4) is 0 Å². The lowest BCUT2D eigenvalue weighted by Crippen LogP contribution is -2.16. The maximum absolute atomic E-state index is 13.2. The summed E-state index contributed by atoms with van der Waals surface area (Å²) in [5, 5.41) is 12.4. The normalized spacial score (nSPS) is 15.8. The van der Waals surface area contributed by atoms with Gasteiger partial charge in [-0.05, 0) is 48.9 Å². The number of nitrogens with zero attached hydrogens (tertiary/aromatic N) is 2. The van der Waals surface area contributed by atoms with Crippen molar-refractivity contribution in [2.24, 2.45) is 5.92 Å². The molecule has 0 radical (unpaired) electrons. The molecule has 0 fully saturated rings. The molecule has 0 bridgehead atoms. The molecule has 1 aromatic heterocycles. The van der Waals surface area contributed by atoms with Crippen molar-refractivity contribution in [1.82, 2.24) is 4.98 Å². The zero-order valence-electron chi connectivity index (χ0n) is 14.2. The zero-order valence-corrected chi connectivity index (χ0v) is 15.0. The van der Waals surface area contributed by atoms with E-state index in [2.05, 4.69) is 23.3 Å². The first-order valence-corrected chi connectivity index (χ1v) is 9.25. The molecule has 1 aliphatic carbocycles. The number of aryl methyl sites for hydroxylation is 1. The number of amides is 1. The van der Waals surface area contributed by atoms with Crippen LogP contribution in [0.5, 0.6) is 0 Å². The fourth-order valence-corrected chi connectivity index (χ4v) is 3.70. The number of aromatic nitrogens is 1. The summed E-state index contributed by atoms with van der Waals surface area (Å²) in [7, 11) is 0. The van der Waals surface area contributed by atoms with Gasteiger partial charge in [0.1, 0.15) is 11.1 Å². The van der Waals surface area contributed by atoms with Gasteiger partial charge >= 0.3 is 0 Å². The molecule has 1 heterocycles. The molecule has 1 amide bonds. The largest absolute Gasteiger partial charge is 0.325 e. The molecule has 2 aromatic rings. The molecule has 1 aromatic carbocycles. The number of nitriles is 1. The van der Waals surface area contributed by atoms with E-state index >= 15 is 0 Å². The third-order valence-electron chi connectivity index (χ3n) is 4.26. The average molecular weight is 373 g/mol. The summed E-state index contributed by atoms with van der Waals surface area (Å²) in [6.45, 7) is 2.18. The Balaban J connectivity index is 1.68. The van der Waals surface area contributed by atoms with E-state index in [9.17, 15) is 18.8 Å². The van der Waals surface area contributed by atoms with Crippen molar-refractivity contribution in [1.29, 1.82) is 5.26 Å². The van der Waals surface area contributed by atoms with E-state index in [1.165, 1.54) is 17.8 Å². The van der Waals surface area contributed by atoms with E-state index < -0.39 is 11.6 Å². The van der Waals surface area contributed by atoms with Crippen LogP contribution in [0.2, 0.25) is 0 Å². The minimum absolute atomic E-state index is 0.0237. The third-order valence-corrected chi connectivity index (χ3v) is 5.25. The molecule has 7 heteroatoms. The van der Waals surface area contributed by atoms with Gasteiger partial charge in [0.05, 0.1) is 11.3 Å².